The van der Waals surface area contributed by atoms with Crippen LogP contribution >= 0.6 is 0 Å². The number of hydrogen-bond donors (Lipinski definition) is 0. The average molecular weight is 216 g/mol. The van der Waals surface area contributed by atoms with E-state index in [1.807, 2.05) is 0 Å². The predicted octanol–water partition coefficient (Wildman–Crippen LogP) is 3.81. The highest BCUT2D eigenvalue weighted by atomic mass is 16.5. The Labute approximate surface area is 98.1 Å². The van der Waals surface area contributed by atoms with Gasteiger partial charge in [-0.05, 0) is 18.4 Å². The van der Waals surface area contributed by atoms with E-state index in [1.165, 1.54) is 5.56 Å². The number of ether oxygens (including phenoxy) is 1. The van der Waals surface area contributed by atoms with E-state index in [0.717, 1.165) is 25.2 Å². The number of rotatable bonds is 3. The SMILES string of the molecule is C=C1OCC(Cc2ccccc2)C1(C)CC. The van der Waals surface area contributed by atoms with Crippen molar-refractivity contribution in [2.75, 3.05) is 6.61 Å². The Balaban J connectivity index is 2.14. The third-order valence-corrected chi connectivity index (χ3v) is 4.06. The summed E-state index contributed by atoms with van der Waals surface area (Å²) in [4.78, 5) is 0. The Morgan fingerprint density at radius 1 is 1.38 bits per heavy atom. The van der Waals surface area contributed by atoms with E-state index in [1.54, 1.807) is 0 Å². The molecule has 0 spiro atoms. The van der Waals surface area contributed by atoms with Gasteiger partial charge in [0.1, 0.15) is 0 Å². The molecule has 1 fully saturated rings. The summed E-state index contributed by atoms with van der Waals surface area (Å²) >= 11 is 0. The summed E-state index contributed by atoms with van der Waals surface area (Å²) in [5, 5.41) is 0. The first-order valence-electron chi connectivity index (χ1n) is 6.03. The molecule has 1 heteroatoms. The number of allylic oxidation sites excluding steroid dienone is 1. The predicted molar refractivity (Wildman–Crippen MR) is 67.1 cm³/mol. The van der Waals surface area contributed by atoms with Crippen molar-refractivity contribution in [3.63, 3.8) is 0 Å². The molecule has 2 rings (SSSR count). The zero-order valence-electron chi connectivity index (χ0n) is 10.2. The van der Waals surface area contributed by atoms with Gasteiger partial charge < -0.3 is 4.74 Å². The molecule has 0 bridgehead atoms. The normalized spacial score (nSPS) is 29.1. The fourth-order valence-corrected chi connectivity index (χ4v) is 2.45. The minimum absolute atomic E-state index is 0.149. The van der Waals surface area contributed by atoms with E-state index in [-0.39, 0.29) is 5.41 Å². The van der Waals surface area contributed by atoms with Crippen LogP contribution in [0, 0.1) is 11.3 Å². The molecule has 0 N–H and O–H groups in total. The van der Waals surface area contributed by atoms with Crippen LogP contribution in [0.2, 0.25) is 0 Å². The Bertz CT molecular complexity index is 368. The fourth-order valence-electron chi connectivity index (χ4n) is 2.45. The maximum atomic E-state index is 5.65. The van der Waals surface area contributed by atoms with Gasteiger partial charge in [-0.25, -0.2) is 0 Å². The second-order valence-corrected chi connectivity index (χ2v) is 4.89. The van der Waals surface area contributed by atoms with Crippen LogP contribution in [0.5, 0.6) is 0 Å². The van der Waals surface area contributed by atoms with Crippen LogP contribution in [-0.2, 0) is 11.2 Å². The third kappa shape index (κ3) is 1.87. The fraction of sp³-hybridized carbons (Fsp3) is 0.467. The Hall–Kier alpha value is -1.24. The first-order chi connectivity index (χ1) is 7.66. The van der Waals surface area contributed by atoms with Crippen LogP contribution < -0.4 is 0 Å². The van der Waals surface area contributed by atoms with Gasteiger partial charge in [-0.2, -0.15) is 0 Å². The van der Waals surface area contributed by atoms with Crippen LogP contribution in [0.3, 0.4) is 0 Å². The molecule has 1 aromatic rings. The van der Waals surface area contributed by atoms with Gasteiger partial charge in [-0.1, -0.05) is 50.8 Å². The highest BCUT2D eigenvalue weighted by Crippen LogP contribution is 2.45. The average Bonchev–Trinajstić information content (AvgIpc) is 2.59. The van der Waals surface area contributed by atoms with Crippen molar-refractivity contribution >= 4 is 0 Å². The van der Waals surface area contributed by atoms with Crippen LogP contribution in [0.15, 0.2) is 42.7 Å². The lowest BCUT2D eigenvalue weighted by Gasteiger charge is -2.28. The Morgan fingerprint density at radius 2 is 2.06 bits per heavy atom. The maximum absolute atomic E-state index is 5.65. The van der Waals surface area contributed by atoms with Gasteiger partial charge in [0.2, 0.25) is 0 Å². The molecule has 0 amide bonds. The van der Waals surface area contributed by atoms with Crippen molar-refractivity contribution in [3.05, 3.63) is 48.2 Å². The van der Waals surface area contributed by atoms with Gasteiger partial charge in [0.05, 0.1) is 12.4 Å². The van der Waals surface area contributed by atoms with E-state index in [4.69, 9.17) is 4.74 Å². The molecule has 2 atom stereocenters. The van der Waals surface area contributed by atoms with Gasteiger partial charge in [0.25, 0.3) is 0 Å². The highest BCUT2D eigenvalue weighted by Gasteiger charge is 2.42. The summed E-state index contributed by atoms with van der Waals surface area (Å²) in [6.07, 6.45) is 2.19. The quantitative estimate of drug-likeness (QED) is 0.746. The van der Waals surface area contributed by atoms with Gasteiger partial charge in [0.15, 0.2) is 0 Å². The molecule has 86 valence electrons. The zero-order chi connectivity index (χ0) is 11.6. The van der Waals surface area contributed by atoms with Crippen LogP contribution in [0.25, 0.3) is 0 Å². The third-order valence-electron chi connectivity index (χ3n) is 4.06. The summed E-state index contributed by atoms with van der Waals surface area (Å²) in [6.45, 7) is 9.36. The van der Waals surface area contributed by atoms with Crippen LogP contribution in [-0.4, -0.2) is 6.61 Å². The van der Waals surface area contributed by atoms with E-state index in [9.17, 15) is 0 Å². The Kier molecular flexibility index (Phi) is 3.04. The van der Waals surface area contributed by atoms with Crippen LogP contribution in [0.1, 0.15) is 25.8 Å². The summed E-state index contributed by atoms with van der Waals surface area (Å²) < 4.78 is 5.65. The minimum Gasteiger partial charge on any atom is -0.498 e. The molecule has 0 saturated carbocycles. The number of hydrogen-bond acceptors (Lipinski definition) is 1. The maximum Gasteiger partial charge on any atom is 0.0951 e. The highest BCUT2D eigenvalue weighted by molar-refractivity contribution is 5.18. The first kappa shape index (κ1) is 11.3. The molecule has 0 radical (unpaired) electrons. The molecule has 1 saturated heterocycles. The largest absolute Gasteiger partial charge is 0.498 e. The van der Waals surface area contributed by atoms with Gasteiger partial charge in [-0.15, -0.1) is 0 Å². The van der Waals surface area contributed by atoms with Crippen molar-refractivity contribution in [3.8, 4) is 0 Å². The molecular weight excluding hydrogens is 196 g/mol. The molecule has 1 nitrogen and oxygen atoms in total. The second kappa shape index (κ2) is 4.32. The van der Waals surface area contributed by atoms with Crippen molar-refractivity contribution < 1.29 is 4.74 Å². The molecule has 1 aromatic carbocycles. The monoisotopic (exact) mass is 216 g/mol. The second-order valence-electron chi connectivity index (χ2n) is 4.89. The van der Waals surface area contributed by atoms with Crippen molar-refractivity contribution in [1.82, 2.24) is 0 Å². The molecule has 2 unspecified atom stereocenters. The molecule has 1 heterocycles. The first-order valence-corrected chi connectivity index (χ1v) is 6.03. The lowest BCUT2D eigenvalue weighted by Crippen LogP contribution is -2.25. The van der Waals surface area contributed by atoms with Crippen molar-refractivity contribution in [1.29, 1.82) is 0 Å². The lowest BCUT2D eigenvalue weighted by atomic mass is 9.73. The lowest BCUT2D eigenvalue weighted by molar-refractivity contribution is 0.241. The number of benzene rings is 1. The minimum atomic E-state index is 0.149. The van der Waals surface area contributed by atoms with Gasteiger partial charge in [-0.3, -0.25) is 0 Å². The summed E-state index contributed by atoms with van der Waals surface area (Å²) in [7, 11) is 0. The Morgan fingerprint density at radius 3 is 2.69 bits per heavy atom. The molecular formula is C15H20O. The van der Waals surface area contributed by atoms with E-state index in [0.29, 0.717) is 5.92 Å². The summed E-state index contributed by atoms with van der Waals surface area (Å²) in [5.74, 6) is 1.53. The van der Waals surface area contributed by atoms with E-state index >= 15 is 0 Å². The van der Waals surface area contributed by atoms with Gasteiger partial charge >= 0.3 is 0 Å². The van der Waals surface area contributed by atoms with Crippen molar-refractivity contribution in [2.24, 2.45) is 11.3 Å². The topological polar surface area (TPSA) is 9.23 Å². The van der Waals surface area contributed by atoms with Gasteiger partial charge in [0, 0.05) is 11.3 Å². The molecule has 16 heavy (non-hydrogen) atoms. The molecule has 0 aromatic heterocycles. The summed E-state index contributed by atoms with van der Waals surface area (Å²) in [5.41, 5.74) is 1.54. The van der Waals surface area contributed by atoms with Crippen molar-refractivity contribution in [2.45, 2.75) is 26.7 Å². The summed E-state index contributed by atoms with van der Waals surface area (Å²) in [6, 6.07) is 10.6. The zero-order valence-corrected chi connectivity index (χ0v) is 10.2. The smallest absolute Gasteiger partial charge is 0.0951 e. The standard InChI is InChI=1S/C15H20O/c1-4-15(3)12(2)16-11-14(15)10-13-8-6-5-7-9-13/h5-9,14H,2,4,10-11H2,1,3H3. The van der Waals surface area contributed by atoms with Crippen LogP contribution in [0.4, 0.5) is 0 Å². The molecule has 1 aliphatic heterocycles. The van der Waals surface area contributed by atoms with E-state index in [2.05, 4.69) is 50.8 Å². The molecule has 1 aliphatic rings. The molecule has 0 aliphatic carbocycles. The van der Waals surface area contributed by atoms with E-state index < -0.39 is 0 Å².